The molecule has 0 spiro atoms. The second kappa shape index (κ2) is 3.96. The first-order valence-corrected chi connectivity index (χ1v) is 5.40. The molecule has 0 fully saturated rings. The normalized spacial score (nSPS) is 14.7. The van der Waals surface area contributed by atoms with Crippen molar-refractivity contribution in [1.82, 2.24) is 9.97 Å². The molecule has 0 aliphatic heterocycles. The predicted octanol–water partition coefficient (Wildman–Crippen LogP) is 1.02. The fourth-order valence-corrected chi connectivity index (χ4v) is 2.01. The van der Waals surface area contributed by atoms with Crippen LogP contribution in [0.25, 0.3) is 0 Å². The van der Waals surface area contributed by atoms with Crippen molar-refractivity contribution in [3.05, 3.63) is 22.8 Å². The minimum Gasteiger partial charge on any atom is -0.364 e. The molecule has 0 radical (unpaired) electrons. The maximum absolute atomic E-state index is 11.3. The summed E-state index contributed by atoms with van der Waals surface area (Å²) in [4.78, 5) is 19.9. The highest BCUT2D eigenvalue weighted by Gasteiger charge is 2.19. The Morgan fingerprint density at radius 3 is 2.73 bits per heavy atom. The van der Waals surface area contributed by atoms with Crippen LogP contribution >= 0.6 is 0 Å². The number of aromatic nitrogens is 2. The van der Waals surface area contributed by atoms with Gasteiger partial charge >= 0.3 is 0 Å². The number of rotatable bonds is 2. The summed E-state index contributed by atoms with van der Waals surface area (Å²) in [5.74, 6) is 0.301. The number of primary amides is 1. The first kappa shape index (κ1) is 10.1. The number of nitrogens with two attached hydrogens (primary N) is 1. The Balaban J connectivity index is 2.55. The molecule has 1 aromatic rings. The summed E-state index contributed by atoms with van der Waals surface area (Å²) in [5.41, 5.74) is 7.78. The van der Waals surface area contributed by atoms with Gasteiger partial charge in [0.05, 0.1) is 0 Å². The van der Waals surface area contributed by atoms with E-state index in [0.717, 1.165) is 49.2 Å². The third-order valence-electron chi connectivity index (χ3n) is 2.78. The molecule has 0 saturated heterocycles. The lowest BCUT2D eigenvalue weighted by Crippen LogP contribution is -2.21. The molecular weight excluding hydrogens is 190 g/mol. The molecule has 1 aliphatic rings. The predicted molar refractivity (Wildman–Crippen MR) is 56.6 cm³/mol. The minimum atomic E-state index is -0.426. The van der Waals surface area contributed by atoms with Gasteiger partial charge in [-0.25, -0.2) is 9.97 Å². The van der Waals surface area contributed by atoms with Crippen LogP contribution in [0.4, 0.5) is 0 Å². The lowest BCUT2D eigenvalue weighted by atomic mass is 9.94. The first-order chi connectivity index (χ1) is 7.22. The van der Waals surface area contributed by atoms with Crippen LogP contribution in [-0.4, -0.2) is 15.9 Å². The van der Waals surface area contributed by atoms with E-state index in [4.69, 9.17) is 5.73 Å². The lowest BCUT2D eigenvalue weighted by Gasteiger charge is -2.17. The van der Waals surface area contributed by atoms with Gasteiger partial charge in [-0.15, -0.1) is 0 Å². The summed E-state index contributed by atoms with van der Waals surface area (Å²) >= 11 is 0. The number of hydrogen-bond donors (Lipinski definition) is 1. The average Bonchev–Trinajstić information content (AvgIpc) is 2.27. The fourth-order valence-electron chi connectivity index (χ4n) is 2.01. The van der Waals surface area contributed by atoms with Crippen molar-refractivity contribution in [2.75, 3.05) is 0 Å². The topological polar surface area (TPSA) is 68.9 Å². The molecular formula is C11H15N3O. The van der Waals surface area contributed by atoms with Gasteiger partial charge in [0.2, 0.25) is 0 Å². The van der Waals surface area contributed by atoms with E-state index in [1.807, 2.05) is 6.92 Å². The van der Waals surface area contributed by atoms with Gasteiger partial charge in [0.15, 0.2) is 0 Å². The molecule has 0 bridgehead atoms. The number of amides is 1. The minimum absolute atomic E-state index is 0.426. The van der Waals surface area contributed by atoms with E-state index in [1.54, 1.807) is 0 Å². The van der Waals surface area contributed by atoms with Gasteiger partial charge in [0.25, 0.3) is 5.91 Å². The van der Waals surface area contributed by atoms with Crippen LogP contribution in [0.5, 0.6) is 0 Å². The molecule has 15 heavy (non-hydrogen) atoms. The second-order valence-electron chi connectivity index (χ2n) is 3.84. The lowest BCUT2D eigenvalue weighted by molar-refractivity contribution is 0.0993. The van der Waals surface area contributed by atoms with Crippen LogP contribution in [0, 0.1) is 0 Å². The smallest absolute Gasteiger partial charge is 0.267 e. The fraction of sp³-hybridized carbons (Fsp3) is 0.545. The molecule has 4 heteroatoms. The van der Waals surface area contributed by atoms with Gasteiger partial charge < -0.3 is 5.73 Å². The number of hydrogen-bond acceptors (Lipinski definition) is 3. The van der Waals surface area contributed by atoms with Gasteiger partial charge in [0, 0.05) is 17.7 Å². The Morgan fingerprint density at radius 2 is 2.07 bits per heavy atom. The third kappa shape index (κ3) is 1.84. The van der Waals surface area contributed by atoms with Crippen molar-refractivity contribution in [2.45, 2.75) is 39.0 Å². The van der Waals surface area contributed by atoms with E-state index >= 15 is 0 Å². The Kier molecular flexibility index (Phi) is 2.66. The standard InChI is InChI=1S/C11H15N3O/c1-2-9-13-8-6-4-3-5-7(8)10(14-9)11(12)15/h2-6H2,1H3,(H2,12,15). The molecule has 80 valence electrons. The van der Waals surface area contributed by atoms with Crippen LogP contribution in [0.15, 0.2) is 0 Å². The summed E-state index contributed by atoms with van der Waals surface area (Å²) in [6.45, 7) is 1.98. The SMILES string of the molecule is CCc1nc2c(c(C(N)=O)n1)CCCC2. The Bertz CT molecular complexity index is 401. The van der Waals surface area contributed by atoms with E-state index in [2.05, 4.69) is 9.97 Å². The first-order valence-electron chi connectivity index (χ1n) is 5.40. The molecule has 2 N–H and O–H groups in total. The number of aryl methyl sites for hydroxylation is 2. The summed E-state index contributed by atoms with van der Waals surface area (Å²) < 4.78 is 0. The number of nitrogens with zero attached hydrogens (tertiary/aromatic N) is 2. The number of carbonyl (C=O) groups excluding carboxylic acids is 1. The second-order valence-corrected chi connectivity index (χ2v) is 3.84. The van der Waals surface area contributed by atoms with Gasteiger partial charge in [-0.1, -0.05) is 6.92 Å². The van der Waals surface area contributed by atoms with Crippen LogP contribution < -0.4 is 5.73 Å². The van der Waals surface area contributed by atoms with Gasteiger partial charge in [-0.3, -0.25) is 4.79 Å². The highest BCUT2D eigenvalue weighted by Crippen LogP contribution is 2.22. The summed E-state index contributed by atoms with van der Waals surface area (Å²) in [5, 5.41) is 0. The van der Waals surface area contributed by atoms with Crippen LogP contribution in [0.1, 0.15) is 47.3 Å². The third-order valence-corrected chi connectivity index (χ3v) is 2.78. The van der Waals surface area contributed by atoms with Gasteiger partial charge in [-0.05, 0) is 25.7 Å². The Labute approximate surface area is 88.9 Å². The molecule has 1 heterocycles. The molecule has 0 aromatic carbocycles. The van der Waals surface area contributed by atoms with Crippen LogP contribution in [-0.2, 0) is 19.3 Å². The van der Waals surface area contributed by atoms with Crippen molar-refractivity contribution in [2.24, 2.45) is 5.73 Å². The zero-order valence-corrected chi connectivity index (χ0v) is 8.92. The van der Waals surface area contributed by atoms with E-state index in [9.17, 15) is 4.79 Å². The van der Waals surface area contributed by atoms with Crippen LogP contribution in [0.3, 0.4) is 0 Å². The summed E-state index contributed by atoms with van der Waals surface area (Å²) in [6.07, 6.45) is 4.82. The van der Waals surface area contributed by atoms with Crippen molar-refractivity contribution in [3.63, 3.8) is 0 Å². The summed E-state index contributed by atoms with van der Waals surface area (Å²) in [6, 6.07) is 0. The van der Waals surface area contributed by atoms with Gasteiger partial charge in [0.1, 0.15) is 11.5 Å². The molecule has 1 aromatic heterocycles. The van der Waals surface area contributed by atoms with E-state index < -0.39 is 5.91 Å². The zero-order chi connectivity index (χ0) is 10.8. The molecule has 1 aliphatic carbocycles. The molecule has 0 atom stereocenters. The van der Waals surface area contributed by atoms with Crippen molar-refractivity contribution in [3.8, 4) is 0 Å². The summed E-state index contributed by atoms with van der Waals surface area (Å²) in [7, 11) is 0. The monoisotopic (exact) mass is 205 g/mol. The molecule has 0 unspecified atom stereocenters. The largest absolute Gasteiger partial charge is 0.364 e. The van der Waals surface area contributed by atoms with Crippen molar-refractivity contribution in [1.29, 1.82) is 0 Å². The van der Waals surface area contributed by atoms with E-state index in [-0.39, 0.29) is 0 Å². The molecule has 1 amide bonds. The number of carbonyl (C=O) groups is 1. The van der Waals surface area contributed by atoms with Gasteiger partial charge in [-0.2, -0.15) is 0 Å². The maximum atomic E-state index is 11.3. The van der Waals surface area contributed by atoms with E-state index in [0.29, 0.717) is 5.69 Å². The molecule has 4 nitrogen and oxygen atoms in total. The quantitative estimate of drug-likeness (QED) is 0.783. The van der Waals surface area contributed by atoms with Crippen molar-refractivity contribution < 1.29 is 4.79 Å². The zero-order valence-electron chi connectivity index (χ0n) is 8.92. The molecule has 0 saturated carbocycles. The highest BCUT2D eigenvalue weighted by atomic mass is 16.1. The average molecular weight is 205 g/mol. The Hall–Kier alpha value is -1.45. The maximum Gasteiger partial charge on any atom is 0.267 e. The highest BCUT2D eigenvalue weighted by molar-refractivity contribution is 5.92. The number of fused-ring (bicyclic) bond motifs is 1. The van der Waals surface area contributed by atoms with E-state index in [1.165, 1.54) is 0 Å². The Morgan fingerprint density at radius 1 is 1.33 bits per heavy atom. The van der Waals surface area contributed by atoms with Crippen LogP contribution in [0.2, 0.25) is 0 Å². The molecule has 2 rings (SSSR count). The van der Waals surface area contributed by atoms with Crippen molar-refractivity contribution >= 4 is 5.91 Å².